The van der Waals surface area contributed by atoms with Crippen LogP contribution in [0.5, 0.6) is 0 Å². The van der Waals surface area contributed by atoms with Gasteiger partial charge in [-0.05, 0) is 23.9 Å². The molecule has 2 heterocycles. The minimum absolute atomic E-state index is 0. The highest BCUT2D eigenvalue weighted by atomic mass is 127. The van der Waals surface area contributed by atoms with Gasteiger partial charge in [-0.2, -0.15) is 0 Å². The van der Waals surface area contributed by atoms with Crippen molar-refractivity contribution in [2.45, 2.75) is 38.5 Å². The number of aliphatic imine (C=N–C) groups is 1. The highest BCUT2D eigenvalue weighted by Crippen LogP contribution is 2.52. The van der Waals surface area contributed by atoms with Gasteiger partial charge >= 0.3 is 0 Å². The molecular formula is C20H28IN3O2S. The molecule has 27 heavy (non-hydrogen) atoms. The standard InChI is InChI=1S/C20H27N3O2S.HI/c1-20(2)17(13-8-9-25-18(13)20)23-19(21-3)22-11-14(24)16-10-12-6-4-5-7-15(12)26-16;/h4-7,10,13-14,17-18,24H,8-9,11H2,1-3H3,(H2,21,22,23);1H. The van der Waals surface area contributed by atoms with Crippen LogP contribution < -0.4 is 10.6 Å². The molecule has 0 amide bonds. The Bertz CT molecular complexity index is 789. The fourth-order valence-electron chi connectivity index (χ4n) is 4.42. The van der Waals surface area contributed by atoms with Crippen LogP contribution >= 0.6 is 35.3 Å². The van der Waals surface area contributed by atoms with E-state index in [-0.39, 0.29) is 29.4 Å². The average molecular weight is 501 g/mol. The number of hydrogen-bond acceptors (Lipinski definition) is 4. The van der Waals surface area contributed by atoms with E-state index in [1.165, 1.54) is 10.1 Å². The number of guanidine groups is 1. The van der Waals surface area contributed by atoms with E-state index in [1.807, 2.05) is 12.1 Å². The van der Waals surface area contributed by atoms with E-state index in [9.17, 15) is 5.11 Å². The van der Waals surface area contributed by atoms with E-state index in [0.29, 0.717) is 24.6 Å². The lowest BCUT2D eigenvalue weighted by Crippen LogP contribution is -2.68. The van der Waals surface area contributed by atoms with Crippen molar-refractivity contribution in [2.24, 2.45) is 16.3 Å². The number of halogens is 1. The van der Waals surface area contributed by atoms with Gasteiger partial charge in [0.15, 0.2) is 5.96 Å². The highest BCUT2D eigenvalue weighted by molar-refractivity contribution is 14.0. The van der Waals surface area contributed by atoms with Crippen LogP contribution in [0.4, 0.5) is 0 Å². The van der Waals surface area contributed by atoms with Crippen LogP contribution in [0.25, 0.3) is 10.1 Å². The summed E-state index contributed by atoms with van der Waals surface area (Å²) in [6.07, 6.45) is 0.901. The topological polar surface area (TPSA) is 65.9 Å². The molecule has 4 atom stereocenters. The lowest BCUT2D eigenvalue weighted by molar-refractivity contribution is -0.106. The molecule has 0 radical (unpaired) electrons. The molecule has 1 aliphatic heterocycles. The molecule has 148 valence electrons. The molecule has 4 rings (SSSR count). The van der Waals surface area contributed by atoms with Crippen molar-refractivity contribution in [3.8, 4) is 0 Å². The van der Waals surface area contributed by atoms with Gasteiger partial charge in [0.25, 0.3) is 0 Å². The predicted octanol–water partition coefficient (Wildman–Crippen LogP) is 3.53. The van der Waals surface area contributed by atoms with Crippen LogP contribution in [0.1, 0.15) is 31.2 Å². The summed E-state index contributed by atoms with van der Waals surface area (Å²) >= 11 is 1.64. The van der Waals surface area contributed by atoms with Crippen LogP contribution in [0, 0.1) is 11.3 Å². The summed E-state index contributed by atoms with van der Waals surface area (Å²) in [5.41, 5.74) is 0.100. The number of hydrogen-bond donors (Lipinski definition) is 3. The normalized spacial score (nSPS) is 27.4. The fourth-order valence-corrected chi connectivity index (χ4v) is 5.47. The third-order valence-electron chi connectivity index (χ3n) is 5.85. The van der Waals surface area contributed by atoms with Gasteiger partial charge in [-0.1, -0.05) is 32.0 Å². The van der Waals surface area contributed by atoms with Gasteiger partial charge in [0, 0.05) is 47.2 Å². The molecule has 1 aliphatic carbocycles. The van der Waals surface area contributed by atoms with Gasteiger partial charge in [-0.3, -0.25) is 4.99 Å². The first-order chi connectivity index (χ1) is 12.5. The number of fused-ring (bicyclic) bond motifs is 2. The van der Waals surface area contributed by atoms with E-state index >= 15 is 0 Å². The zero-order chi connectivity index (χ0) is 18.3. The third kappa shape index (κ3) is 3.83. The molecule has 2 fully saturated rings. The minimum atomic E-state index is -0.553. The Hall–Kier alpha value is -0.900. The molecule has 4 unspecified atom stereocenters. The minimum Gasteiger partial charge on any atom is -0.386 e. The molecule has 1 saturated heterocycles. The first kappa shape index (κ1) is 20.8. The average Bonchev–Trinajstić information content (AvgIpc) is 3.27. The molecule has 1 aromatic heterocycles. The smallest absolute Gasteiger partial charge is 0.191 e. The van der Waals surface area contributed by atoms with E-state index in [0.717, 1.165) is 23.9 Å². The summed E-state index contributed by atoms with van der Waals surface area (Å²) in [5.74, 6) is 1.30. The first-order valence-corrected chi connectivity index (χ1v) is 10.1. The SMILES string of the molecule is CN=C(NCC(O)c1cc2ccccc2s1)NC1C2CCOC2C1(C)C.I. The van der Waals surface area contributed by atoms with Gasteiger partial charge in [0.1, 0.15) is 6.10 Å². The summed E-state index contributed by atoms with van der Waals surface area (Å²) in [6.45, 7) is 5.78. The fraction of sp³-hybridized carbons (Fsp3) is 0.550. The van der Waals surface area contributed by atoms with E-state index in [1.54, 1.807) is 18.4 Å². The van der Waals surface area contributed by atoms with Gasteiger partial charge in [0.05, 0.1) is 6.10 Å². The van der Waals surface area contributed by atoms with Crippen molar-refractivity contribution in [2.75, 3.05) is 20.2 Å². The number of nitrogens with one attached hydrogen (secondary N) is 2. The molecule has 3 N–H and O–H groups in total. The maximum absolute atomic E-state index is 10.6. The van der Waals surface area contributed by atoms with Crippen molar-refractivity contribution in [3.63, 3.8) is 0 Å². The van der Waals surface area contributed by atoms with E-state index < -0.39 is 6.10 Å². The van der Waals surface area contributed by atoms with Crippen LogP contribution in [-0.2, 0) is 4.74 Å². The number of benzene rings is 1. The summed E-state index contributed by atoms with van der Waals surface area (Å²) in [7, 11) is 1.77. The summed E-state index contributed by atoms with van der Waals surface area (Å²) < 4.78 is 7.06. The second-order valence-corrected chi connectivity index (χ2v) is 8.96. The Morgan fingerprint density at radius 1 is 1.41 bits per heavy atom. The highest BCUT2D eigenvalue weighted by Gasteiger charge is 2.59. The molecular weight excluding hydrogens is 473 g/mol. The van der Waals surface area contributed by atoms with Gasteiger partial charge in [-0.15, -0.1) is 35.3 Å². The van der Waals surface area contributed by atoms with Gasteiger partial charge in [-0.25, -0.2) is 0 Å². The van der Waals surface area contributed by atoms with Crippen LogP contribution in [0.15, 0.2) is 35.3 Å². The quantitative estimate of drug-likeness (QED) is 0.341. The molecule has 5 nitrogen and oxygen atoms in total. The summed E-state index contributed by atoms with van der Waals surface area (Å²) in [6, 6.07) is 10.6. The van der Waals surface area contributed by atoms with Gasteiger partial charge < -0.3 is 20.5 Å². The lowest BCUT2D eigenvalue weighted by Gasteiger charge is -2.54. The predicted molar refractivity (Wildman–Crippen MR) is 122 cm³/mol. The van der Waals surface area contributed by atoms with Crippen molar-refractivity contribution in [1.82, 2.24) is 10.6 Å². The number of rotatable bonds is 4. The molecule has 1 saturated carbocycles. The van der Waals surface area contributed by atoms with Gasteiger partial charge in [0.2, 0.25) is 0 Å². The maximum atomic E-state index is 10.6. The lowest BCUT2D eigenvalue weighted by atomic mass is 9.57. The number of ether oxygens (including phenoxy) is 1. The molecule has 0 bridgehead atoms. The molecule has 0 spiro atoms. The Morgan fingerprint density at radius 3 is 2.93 bits per heavy atom. The van der Waals surface area contributed by atoms with Crippen LogP contribution in [-0.4, -0.2) is 43.4 Å². The first-order valence-electron chi connectivity index (χ1n) is 9.26. The van der Waals surface area contributed by atoms with Crippen molar-refractivity contribution in [1.29, 1.82) is 0 Å². The number of nitrogens with zero attached hydrogens (tertiary/aromatic N) is 1. The molecule has 2 aromatic rings. The number of thiophene rings is 1. The van der Waals surface area contributed by atoms with E-state index in [2.05, 4.69) is 47.7 Å². The van der Waals surface area contributed by atoms with Crippen LogP contribution in [0.3, 0.4) is 0 Å². The molecule has 1 aromatic carbocycles. The Balaban J connectivity index is 0.00000210. The maximum Gasteiger partial charge on any atom is 0.191 e. The van der Waals surface area contributed by atoms with Crippen molar-refractivity contribution >= 4 is 51.4 Å². The zero-order valence-corrected chi connectivity index (χ0v) is 19.1. The van der Waals surface area contributed by atoms with E-state index in [4.69, 9.17) is 4.74 Å². The largest absolute Gasteiger partial charge is 0.386 e. The summed E-state index contributed by atoms with van der Waals surface area (Å²) in [4.78, 5) is 5.32. The Morgan fingerprint density at radius 2 is 2.19 bits per heavy atom. The number of aliphatic hydroxyl groups excluding tert-OH is 1. The third-order valence-corrected chi connectivity index (χ3v) is 7.07. The zero-order valence-electron chi connectivity index (χ0n) is 15.9. The second-order valence-electron chi connectivity index (χ2n) is 7.84. The molecule has 2 aliphatic rings. The summed E-state index contributed by atoms with van der Waals surface area (Å²) in [5, 5.41) is 18.6. The van der Waals surface area contributed by atoms with Crippen molar-refractivity contribution in [3.05, 3.63) is 35.2 Å². The monoisotopic (exact) mass is 501 g/mol. The Kier molecular flexibility index (Phi) is 6.34. The Labute approximate surface area is 181 Å². The second kappa shape index (κ2) is 8.23. The molecule has 7 heteroatoms. The van der Waals surface area contributed by atoms with Crippen molar-refractivity contribution < 1.29 is 9.84 Å². The van der Waals surface area contributed by atoms with Crippen LogP contribution in [0.2, 0.25) is 0 Å². The number of aliphatic hydroxyl groups is 1.